The second-order valence-corrected chi connectivity index (χ2v) is 12.9. The number of aromatic nitrogens is 3. The first-order valence-corrected chi connectivity index (χ1v) is 13.1. The number of allylic oxidation sites excluding steroid dienone is 2. The maximum atomic E-state index is 5.37. The number of nitrogens with zero attached hydrogens (tertiary/aromatic N) is 3. The highest BCUT2D eigenvalue weighted by Crippen LogP contribution is 2.74. The average molecular weight is 451 g/mol. The molecular weight excluding hydrogens is 414 g/mol. The third-order valence-corrected chi connectivity index (χ3v) is 9.31. The van der Waals surface area contributed by atoms with Crippen molar-refractivity contribution in [2.24, 2.45) is 0 Å². The summed E-state index contributed by atoms with van der Waals surface area (Å²) in [6, 6.07) is 14.0. The molecule has 3 aliphatic rings. The first kappa shape index (κ1) is 20.7. The fraction of sp³-hybridized carbons (Fsp3) is 0.484. The molecule has 3 nitrogen and oxygen atoms in total. The molecule has 0 amide bonds. The van der Waals surface area contributed by atoms with Gasteiger partial charge in [0.1, 0.15) is 11.2 Å². The summed E-state index contributed by atoms with van der Waals surface area (Å²) in [6.45, 7) is 18.8. The van der Waals surface area contributed by atoms with E-state index in [1.54, 1.807) is 11.1 Å². The predicted molar refractivity (Wildman–Crippen MR) is 140 cm³/mol. The largest absolute Gasteiger partial charge is 0.298 e. The lowest BCUT2D eigenvalue weighted by Gasteiger charge is -2.53. The van der Waals surface area contributed by atoms with Gasteiger partial charge in [-0.2, -0.15) is 4.40 Å². The Bertz CT molecular complexity index is 1620. The van der Waals surface area contributed by atoms with Crippen LogP contribution in [-0.2, 0) is 21.8 Å². The second kappa shape index (κ2) is 5.75. The Morgan fingerprint density at radius 1 is 0.941 bits per heavy atom. The summed E-state index contributed by atoms with van der Waals surface area (Å²) in [7, 11) is 0. The van der Waals surface area contributed by atoms with Crippen molar-refractivity contribution < 1.29 is 4.57 Å². The molecule has 0 radical (unpaired) electrons. The molecule has 0 spiro atoms. The van der Waals surface area contributed by atoms with Gasteiger partial charge in [0.15, 0.2) is 11.0 Å². The number of hydrogen-bond donors (Lipinski definition) is 0. The van der Waals surface area contributed by atoms with Gasteiger partial charge in [-0.15, -0.1) is 0 Å². The standard InChI is InChI=1S/C31H36N3/c1-9-30-18-15-19(18)31(30,10-2)34-23-14-12-11-13-22(23)33-25(29(6,7)8)17-21-26(27(33)34)20(30)16-24(32-21)28(3,4)5/h11-14,16-17H,9-10,15H2,1-8H3/q+1. The fourth-order valence-electron chi connectivity index (χ4n) is 7.86. The van der Waals surface area contributed by atoms with Gasteiger partial charge in [-0.25, -0.2) is 4.57 Å². The van der Waals surface area contributed by atoms with Gasteiger partial charge in [-0.1, -0.05) is 67.5 Å². The zero-order valence-electron chi connectivity index (χ0n) is 21.9. The van der Waals surface area contributed by atoms with Gasteiger partial charge in [0.2, 0.25) is 0 Å². The number of pyridine rings is 2. The molecule has 0 N–H and O–H groups in total. The molecule has 4 heterocycles. The smallest absolute Gasteiger partial charge is 0.252 e. The van der Waals surface area contributed by atoms with E-state index < -0.39 is 0 Å². The Kier molecular flexibility index (Phi) is 3.50. The van der Waals surface area contributed by atoms with Crippen LogP contribution < -0.4 is 4.57 Å². The SMILES string of the molecule is CCC12C3=C(C3)C1(CC)[n+]1c3ccccc3n3c(C(C)(C)C)cc4nc(C(C)(C)C)cc2c4c31. The highest BCUT2D eigenvalue weighted by molar-refractivity contribution is 6.00. The number of hydrogen-bond acceptors (Lipinski definition) is 1. The van der Waals surface area contributed by atoms with E-state index in [1.165, 1.54) is 51.0 Å². The number of rotatable bonds is 2. The van der Waals surface area contributed by atoms with E-state index in [-0.39, 0.29) is 21.8 Å². The van der Waals surface area contributed by atoms with Gasteiger partial charge >= 0.3 is 0 Å². The van der Waals surface area contributed by atoms with Crippen LogP contribution in [0.15, 0.2) is 47.5 Å². The molecule has 2 unspecified atom stereocenters. The lowest BCUT2D eigenvalue weighted by atomic mass is 9.53. The molecule has 3 aromatic heterocycles. The van der Waals surface area contributed by atoms with Crippen molar-refractivity contribution in [3.63, 3.8) is 0 Å². The van der Waals surface area contributed by atoms with E-state index in [0.29, 0.717) is 0 Å². The van der Waals surface area contributed by atoms with Crippen molar-refractivity contribution in [3.05, 3.63) is 64.5 Å². The normalized spacial score (nSPS) is 25.3. The van der Waals surface area contributed by atoms with E-state index in [0.717, 1.165) is 12.8 Å². The number of imidazole rings is 1. The molecule has 4 aromatic rings. The molecule has 1 aromatic carbocycles. The summed E-state index contributed by atoms with van der Waals surface area (Å²) in [5, 5.41) is 1.38. The van der Waals surface area contributed by atoms with Crippen LogP contribution in [0.1, 0.15) is 91.6 Å². The van der Waals surface area contributed by atoms with E-state index in [2.05, 4.69) is 101 Å². The number of para-hydroxylation sites is 2. The molecule has 174 valence electrons. The van der Waals surface area contributed by atoms with E-state index >= 15 is 0 Å². The van der Waals surface area contributed by atoms with Crippen LogP contribution in [0.4, 0.5) is 0 Å². The molecule has 1 aliphatic heterocycles. The van der Waals surface area contributed by atoms with Gasteiger partial charge in [-0.05, 0) is 54.2 Å². The molecule has 0 fully saturated rings. The van der Waals surface area contributed by atoms with Crippen molar-refractivity contribution >= 4 is 27.6 Å². The zero-order valence-corrected chi connectivity index (χ0v) is 21.9. The van der Waals surface area contributed by atoms with Gasteiger partial charge < -0.3 is 0 Å². The lowest BCUT2D eigenvalue weighted by Crippen LogP contribution is -2.71. The van der Waals surface area contributed by atoms with Gasteiger partial charge in [-0.3, -0.25) is 4.98 Å². The molecule has 7 rings (SSSR count). The third-order valence-electron chi connectivity index (χ3n) is 9.31. The molecular formula is C31H36N3+. The monoisotopic (exact) mass is 450 g/mol. The molecule has 0 bridgehead atoms. The van der Waals surface area contributed by atoms with Crippen LogP contribution in [-0.4, -0.2) is 9.38 Å². The summed E-state index contributed by atoms with van der Waals surface area (Å²) < 4.78 is 5.35. The average Bonchev–Trinajstić information content (AvgIpc) is 3.44. The number of fused-ring (bicyclic) bond motifs is 8. The minimum atomic E-state index is -0.00428. The van der Waals surface area contributed by atoms with Crippen molar-refractivity contribution in [1.82, 2.24) is 9.38 Å². The topological polar surface area (TPSA) is 21.2 Å². The molecule has 0 saturated heterocycles. The molecule has 34 heavy (non-hydrogen) atoms. The van der Waals surface area contributed by atoms with Gasteiger partial charge in [0.05, 0.1) is 16.3 Å². The second-order valence-electron chi connectivity index (χ2n) is 12.9. The van der Waals surface area contributed by atoms with Crippen molar-refractivity contribution in [2.75, 3.05) is 0 Å². The Labute approximate surface area is 202 Å². The van der Waals surface area contributed by atoms with E-state index in [1.807, 2.05) is 0 Å². The minimum Gasteiger partial charge on any atom is -0.252 e. The summed E-state index contributed by atoms with van der Waals surface area (Å²) in [4.78, 5) is 5.37. The highest BCUT2D eigenvalue weighted by Gasteiger charge is 2.76. The van der Waals surface area contributed by atoms with Gasteiger partial charge in [0, 0.05) is 22.6 Å². The van der Waals surface area contributed by atoms with Crippen LogP contribution >= 0.6 is 0 Å². The molecule has 3 heteroatoms. The quantitative estimate of drug-likeness (QED) is 0.238. The van der Waals surface area contributed by atoms with Crippen LogP contribution in [0.3, 0.4) is 0 Å². The number of benzene rings is 1. The minimum absolute atomic E-state index is 0.00428. The molecule has 2 atom stereocenters. The predicted octanol–water partition coefficient (Wildman–Crippen LogP) is 7.00. The van der Waals surface area contributed by atoms with Crippen molar-refractivity contribution in [3.8, 4) is 0 Å². The zero-order chi connectivity index (χ0) is 24.0. The van der Waals surface area contributed by atoms with Crippen LogP contribution in [0, 0.1) is 0 Å². The third kappa shape index (κ3) is 1.97. The maximum Gasteiger partial charge on any atom is 0.298 e. The van der Waals surface area contributed by atoms with E-state index in [4.69, 9.17) is 4.98 Å². The first-order chi connectivity index (χ1) is 16.0. The van der Waals surface area contributed by atoms with Gasteiger partial charge in [0.25, 0.3) is 5.65 Å². The fourth-order valence-corrected chi connectivity index (χ4v) is 7.86. The molecule has 2 aliphatic carbocycles. The van der Waals surface area contributed by atoms with Crippen molar-refractivity contribution in [1.29, 1.82) is 0 Å². The highest BCUT2D eigenvalue weighted by atomic mass is 15.2. The lowest BCUT2D eigenvalue weighted by molar-refractivity contribution is -0.723. The Balaban J connectivity index is 1.83. The van der Waals surface area contributed by atoms with E-state index in [9.17, 15) is 0 Å². The summed E-state index contributed by atoms with van der Waals surface area (Å²) >= 11 is 0. The summed E-state index contributed by atoms with van der Waals surface area (Å²) in [5.41, 5.74) is 12.9. The van der Waals surface area contributed by atoms with Crippen LogP contribution in [0.5, 0.6) is 0 Å². The summed E-state index contributed by atoms with van der Waals surface area (Å²) in [5.74, 6) is 0. The summed E-state index contributed by atoms with van der Waals surface area (Å²) in [6.07, 6.45) is 3.47. The first-order valence-electron chi connectivity index (χ1n) is 13.1. The Morgan fingerprint density at radius 3 is 2.32 bits per heavy atom. The van der Waals surface area contributed by atoms with Crippen LogP contribution in [0.25, 0.3) is 27.6 Å². The van der Waals surface area contributed by atoms with Crippen molar-refractivity contribution in [2.45, 2.75) is 96.4 Å². The maximum absolute atomic E-state index is 5.37. The molecule has 0 saturated carbocycles. The Hall–Kier alpha value is -2.68. The Morgan fingerprint density at radius 2 is 1.68 bits per heavy atom. The van der Waals surface area contributed by atoms with Crippen LogP contribution in [0.2, 0.25) is 0 Å².